The number of carboxylic acids is 1. The molecule has 4 nitrogen and oxygen atoms in total. The largest absolute Gasteiger partial charge is 0.480 e. The Morgan fingerprint density at radius 1 is 1.35 bits per heavy atom. The molecule has 1 aliphatic carbocycles. The number of hydrogen-bond donors (Lipinski definition) is 2. The van der Waals surface area contributed by atoms with Crippen molar-refractivity contribution in [2.45, 2.75) is 31.8 Å². The number of nitrogens with zero attached hydrogens (tertiary/aromatic N) is 1. The maximum absolute atomic E-state index is 11.6. The van der Waals surface area contributed by atoms with Crippen LogP contribution < -0.4 is 0 Å². The molecule has 4 rings (SSSR count). The highest BCUT2D eigenvalue weighted by atomic mass is 16.4. The average molecular weight is 270 g/mol. The Morgan fingerprint density at radius 3 is 2.90 bits per heavy atom. The third kappa shape index (κ3) is 1.91. The van der Waals surface area contributed by atoms with Crippen LogP contribution in [0.1, 0.15) is 24.1 Å². The first kappa shape index (κ1) is 12.0. The van der Waals surface area contributed by atoms with E-state index in [1.807, 2.05) is 12.1 Å². The lowest BCUT2D eigenvalue weighted by Gasteiger charge is -2.33. The van der Waals surface area contributed by atoms with Crippen molar-refractivity contribution in [2.75, 3.05) is 6.54 Å². The van der Waals surface area contributed by atoms with Crippen LogP contribution in [0.5, 0.6) is 0 Å². The molecule has 0 amide bonds. The van der Waals surface area contributed by atoms with E-state index in [1.54, 1.807) is 0 Å². The molecule has 1 aromatic heterocycles. The second kappa shape index (κ2) is 4.35. The lowest BCUT2D eigenvalue weighted by molar-refractivity contribution is -0.144. The molecule has 0 bridgehead atoms. The van der Waals surface area contributed by atoms with Gasteiger partial charge in [-0.15, -0.1) is 0 Å². The number of aromatic nitrogens is 1. The zero-order chi connectivity index (χ0) is 13.7. The molecule has 0 radical (unpaired) electrons. The predicted octanol–water partition coefficient (Wildman–Crippen LogP) is 2.39. The van der Waals surface area contributed by atoms with Gasteiger partial charge in [0.1, 0.15) is 6.04 Å². The molecular weight excluding hydrogens is 252 g/mol. The summed E-state index contributed by atoms with van der Waals surface area (Å²) < 4.78 is 0. The fraction of sp³-hybridized carbons (Fsp3) is 0.438. The van der Waals surface area contributed by atoms with Crippen molar-refractivity contribution >= 4 is 16.9 Å². The first-order chi connectivity index (χ1) is 9.72. The van der Waals surface area contributed by atoms with Gasteiger partial charge in [0.2, 0.25) is 0 Å². The summed E-state index contributed by atoms with van der Waals surface area (Å²) in [6.07, 6.45) is 3.12. The van der Waals surface area contributed by atoms with Gasteiger partial charge in [-0.05, 0) is 30.4 Å². The lowest BCUT2D eigenvalue weighted by atomic mass is 9.96. The summed E-state index contributed by atoms with van der Waals surface area (Å²) >= 11 is 0. The summed E-state index contributed by atoms with van der Waals surface area (Å²) in [4.78, 5) is 17.2. The fourth-order valence-electron chi connectivity index (χ4n) is 3.33. The number of H-pyrrole nitrogens is 1. The Morgan fingerprint density at radius 2 is 2.15 bits per heavy atom. The lowest BCUT2D eigenvalue weighted by Crippen LogP contribution is -2.46. The number of aromatic amines is 1. The summed E-state index contributed by atoms with van der Waals surface area (Å²) in [6.45, 7) is 1.66. The zero-order valence-electron chi connectivity index (χ0n) is 11.3. The minimum Gasteiger partial charge on any atom is -0.480 e. The Kier molecular flexibility index (Phi) is 2.60. The maximum atomic E-state index is 11.6. The van der Waals surface area contributed by atoms with Gasteiger partial charge in [-0.2, -0.15) is 0 Å². The summed E-state index contributed by atoms with van der Waals surface area (Å²) in [5.41, 5.74) is 3.51. The number of rotatable bonds is 3. The maximum Gasteiger partial charge on any atom is 0.321 e. The van der Waals surface area contributed by atoms with E-state index in [2.05, 4.69) is 22.0 Å². The summed E-state index contributed by atoms with van der Waals surface area (Å²) in [7, 11) is 0. The summed E-state index contributed by atoms with van der Waals surface area (Å²) in [5.74, 6) is 0.0179. The van der Waals surface area contributed by atoms with E-state index < -0.39 is 5.97 Å². The first-order valence-corrected chi connectivity index (χ1v) is 7.27. The van der Waals surface area contributed by atoms with Crippen molar-refractivity contribution in [3.05, 3.63) is 35.5 Å². The molecule has 1 atom stereocenters. The van der Waals surface area contributed by atoms with Gasteiger partial charge in [0.05, 0.1) is 0 Å². The second-order valence-electron chi connectivity index (χ2n) is 6.06. The molecule has 2 N–H and O–H groups in total. The first-order valence-electron chi connectivity index (χ1n) is 7.27. The summed E-state index contributed by atoms with van der Waals surface area (Å²) in [5, 5.41) is 10.7. The van der Waals surface area contributed by atoms with Crippen LogP contribution in [0.3, 0.4) is 0 Å². The van der Waals surface area contributed by atoms with Gasteiger partial charge >= 0.3 is 5.97 Å². The van der Waals surface area contributed by atoms with Crippen LogP contribution in [0.15, 0.2) is 24.3 Å². The average Bonchev–Trinajstić information content (AvgIpc) is 3.17. The number of carbonyl (C=O) groups is 1. The third-order valence-corrected chi connectivity index (χ3v) is 4.58. The van der Waals surface area contributed by atoms with Crippen LogP contribution >= 0.6 is 0 Å². The fourth-order valence-corrected chi connectivity index (χ4v) is 3.33. The quantitative estimate of drug-likeness (QED) is 0.900. The number of para-hydroxylation sites is 1. The van der Waals surface area contributed by atoms with E-state index in [-0.39, 0.29) is 6.04 Å². The molecule has 4 heteroatoms. The number of hydrogen-bond acceptors (Lipinski definition) is 2. The molecular formula is C16H18N2O2. The molecule has 0 unspecified atom stereocenters. The summed E-state index contributed by atoms with van der Waals surface area (Å²) in [6, 6.07) is 7.81. The Labute approximate surface area is 117 Å². The van der Waals surface area contributed by atoms with E-state index in [0.29, 0.717) is 12.3 Å². The minimum atomic E-state index is -0.693. The van der Waals surface area contributed by atoms with E-state index in [4.69, 9.17) is 0 Å². The van der Waals surface area contributed by atoms with Gasteiger partial charge < -0.3 is 10.1 Å². The molecule has 0 saturated heterocycles. The molecule has 0 spiro atoms. The van der Waals surface area contributed by atoms with Crippen LogP contribution in [0.25, 0.3) is 10.9 Å². The van der Waals surface area contributed by atoms with Crippen molar-refractivity contribution < 1.29 is 9.90 Å². The molecule has 1 aliphatic heterocycles. The van der Waals surface area contributed by atoms with Crippen molar-refractivity contribution in [1.82, 2.24) is 9.88 Å². The van der Waals surface area contributed by atoms with Gasteiger partial charge in [-0.1, -0.05) is 18.2 Å². The van der Waals surface area contributed by atoms with Crippen LogP contribution in [0.4, 0.5) is 0 Å². The minimum absolute atomic E-state index is 0.373. The number of aliphatic carboxylic acids is 1. The van der Waals surface area contributed by atoms with Crippen molar-refractivity contribution in [3.8, 4) is 0 Å². The standard InChI is InChI=1S/C16H18N2O2/c19-16(20)15-7-12-11-3-1-2-4-13(11)17-14(12)9-18(15)8-10-5-6-10/h1-4,10,15,17H,5-9H2,(H,19,20)/t15-/m1/s1. The molecule has 1 fully saturated rings. The number of nitrogens with one attached hydrogen (secondary N) is 1. The SMILES string of the molecule is O=C(O)[C@H]1Cc2c([nH]c3ccccc23)CN1CC1CC1. The van der Waals surface area contributed by atoms with Crippen LogP contribution in [0.2, 0.25) is 0 Å². The molecule has 2 aliphatic rings. The van der Waals surface area contributed by atoms with Crippen LogP contribution in [-0.4, -0.2) is 33.5 Å². The van der Waals surface area contributed by atoms with Gasteiger partial charge in [0, 0.05) is 36.1 Å². The van der Waals surface area contributed by atoms with Crippen LogP contribution in [-0.2, 0) is 17.8 Å². The molecule has 1 aromatic carbocycles. The normalized spacial score (nSPS) is 22.9. The Bertz CT molecular complexity index is 672. The Hall–Kier alpha value is -1.81. The smallest absolute Gasteiger partial charge is 0.321 e. The van der Waals surface area contributed by atoms with Gasteiger partial charge in [0.25, 0.3) is 0 Å². The molecule has 2 aromatic rings. The monoisotopic (exact) mass is 270 g/mol. The van der Waals surface area contributed by atoms with Crippen molar-refractivity contribution in [1.29, 1.82) is 0 Å². The second-order valence-corrected chi connectivity index (χ2v) is 6.06. The number of carboxylic acid groups (broad SMARTS) is 1. The Balaban J connectivity index is 1.74. The van der Waals surface area contributed by atoms with Crippen molar-refractivity contribution in [2.24, 2.45) is 5.92 Å². The van der Waals surface area contributed by atoms with Crippen molar-refractivity contribution in [3.63, 3.8) is 0 Å². The van der Waals surface area contributed by atoms with E-state index in [0.717, 1.165) is 18.6 Å². The molecule has 20 heavy (non-hydrogen) atoms. The zero-order valence-corrected chi connectivity index (χ0v) is 11.3. The predicted molar refractivity (Wildman–Crippen MR) is 76.6 cm³/mol. The van der Waals surface area contributed by atoms with Gasteiger partial charge in [-0.3, -0.25) is 9.69 Å². The number of fused-ring (bicyclic) bond motifs is 3. The van der Waals surface area contributed by atoms with E-state index in [9.17, 15) is 9.90 Å². The molecule has 1 saturated carbocycles. The van der Waals surface area contributed by atoms with E-state index >= 15 is 0 Å². The topological polar surface area (TPSA) is 56.3 Å². The van der Waals surface area contributed by atoms with Gasteiger partial charge in [0.15, 0.2) is 0 Å². The van der Waals surface area contributed by atoms with E-state index in [1.165, 1.54) is 29.5 Å². The highest BCUT2D eigenvalue weighted by molar-refractivity contribution is 5.86. The highest BCUT2D eigenvalue weighted by Gasteiger charge is 2.36. The highest BCUT2D eigenvalue weighted by Crippen LogP contribution is 2.35. The molecule has 104 valence electrons. The molecule has 2 heterocycles. The number of benzene rings is 1. The van der Waals surface area contributed by atoms with Gasteiger partial charge in [-0.25, -0.2) is 0 Å². The third-order valence-electron chi connectivity index (χ3n) is 4.58. The van der Waals surface area contributed by atoms with Crippen LogP contribution in [0, 0.1) is 5.92 Å².